The van der Waals surface area contributed by atoms with Gasteiger partial charge in [-0.05, 0) is 107 Å². The van der Waals surface area contributed by atoms with Crippen molar-refractivity contribution in [2.75, 3.05) is 9.80 Å². The lowest BCUT2D eigenvalue weighted by molar-refractivity contribution is 0.546. The molecule has 0 spiro atoms. The summed E-state index contributed by atoms with van der Waals surface area (Å²) in [5, 5.41) is 14.5. The van der Waals surface area contributed by atoms with E-state index in [1.54, 1.807) is 0 Å². The van der Waals surface area contributed by atoms with E-state index in [0.717, 1.165) is 146 Å². The Morgan fingerprint density at radius 3 is 1.48 bits per heavy atom. The molecule has 16 rings (SSSR count). The van der Waals surface area contributed by atoms with E-state index in [1.807, 2.05) is 24.3 Å². The number of hydrogen-bond donors (Lipinski definition) is 0. The van der Waals surface area contributed by atoms with Gasteiger partial charge in [0.15, 0.2) is 11.2 Å². The number of anilines is 6. The molecule has 0 atom stereocenters. The van der Waals surface area contributed by atoms with Gasteiger partial charge in [-0.25, -0.2) is 0 Å². The summed E-state index contributed by atoms with van der Waals surface area (Å²) in [6.07, 6.45) is 6.33. The van der Waals surface area contributed by atoms with Crippen LogP contribution in [0.15, 0.2) is 212 Å². The van der Waals surface area contributed by atoms with Crippen molar-refractivity contribution in [1.29, 1.82) is 0 Å². The van der Waals surface area contributed by atoms with Crippen LogP contribution < -0.4 is 9.80 Å². The molecule has 4 aromatic heterocycles. The number of nitrogens with zero attached hydrogens (tertiary/aromatic N) is 2. The number of rotatable bonds is 7. The van der Waals surface area contributed by atoms with Crippen LogP contribution in [0.25, 0.3) is 115 Å². The molecule has 15 aromatic rings. The van der Waals surface area contributed by atoms with Crippen LogP contribution in [-0.4, -0.2) is 0 Å². The van der Waals surface area contributed by atoms with Gasteiger partial charge in [0.05, 0.1) is 22.7 Å². The van der Waals surface area contributed by atoms with Gasteiger partial charge in [-0.2, -0.15) is 0 Å². The Bertz CT molecular complexity index is 4790. The molecule has 0 amide bonds. The molecule has 6 heteroatoms. The van der Waals surface area contributed by atoms with Gasteiger partial charge >= 0.3 is 0 Å². The summed E-state index contributed by atoms with van der Waals surface area (Å²) >= 11 is 0. The Morgan fingerprint density at radius 1 is 0.384 bits per heavy atom. The van der Waals surface area contributed by atoms with Gasteiger partial charge in [0, 0.05) is 77.2 Å². The smallest absolute Gasteiger partial charge is 0.159 e. The minimum Gasteiger partial charge on any atom is -0.460 e. The van der Waals surface area contributed by atoms with Crippen molar-refractivity contribution in [3.05, 3.63) is 211 Å². The average molecular weight is 941 g/mol. The summed E-state index contributed by atoms with van der Waals surface area (Å²) in [5.41, 5.74) is 14.2. The van der Waals surface area contributed by atoms with Crippen LogP contribution in [0.2, 0.25) is 0 Å². The van der Waals surface area contributed by atoms with Crippen LogP contribution >= 0.6 is 0 Å². The van der Waals surface area contributed by atoms with Crippen LogP contribution in [0, 0.1) is 0 Å². The molecule has 1 aliphatic carbocycles. The SMILES string of the molecule is CC(C)c1cc2ccc3c(N(c4ccc5oc6c(c5c4)C=CCC6)c4cccc5c4oc4ccccc45)cc(N(c4ccc5oc6ccccc6c5c4)c4cccc5c4oc4ccccc45)c4ccc(c1)c2c34. The summed E-state index contributed by atoms with van der Waals surface area (Å²) in [4.78, 5) is 4.85. The molecule has 1 aliphatic rings. The van der Waals surface area contributed by atoms with Gasteiger partial charge in [-0.1, -0.05) is 141 Å². The second-order valence-corrected chi connectivity index (χ2v) is 20.0. The number of allylic oxidation sites excluding steroid dienone is 1. The largest absolute Gasteiger partial charge is 0.460 e. The minimum absolute atomic E-state index is 0.361. The highest BCUT2D eigenvalue weighted by Crippen LogP contribution is 2.54. The number of fused-ring (bicyclic) bond motifs is 12. The standard InChI is InChI=1S/C67H44N2O4/c1-38(2)41-33-39-25-29-50-56(68(42-27-31-62-52(35-42)46-15-5-7-21-58(46)70-62)54-19-11-17-48-44-13-3-9-23-60(44)72-66(48)54)37-57(51-30-26-40(34-41)64(39)65(50)51)69(43-28-32-63-53(36-43)47-16-6-8-22-59(47)71-63)55-20-12-18-49-45-14-4-10-24-61(45)73-67(49)55/h3-7,9-21,23-38H,8,22H2,1-2H3. The van der Waals surface area contributed by atoms with Gasteiger partial charge in [0.2, 0.25) is 0 Å². The summed E-state index contributed by atoms with van der Waals surface area (Å²) < 4.78 is 27.0. The number of benzene rings is 11. The Labute approximate surface area is 418 Å². The molecule has 0 radical (unpaired) electrons. The quantitative estimate of drug-likeness (QED) is 0.148. The Hall–Kier alpha value is -9.26. The molecule has 11 aromatic carbocycles. The predicted octanol–water partition coefficient (Wildman–Crippen LogP) is 20.1. The molecule has 4 heterocycles. The molecule has 6 nitrogen and oxygen atoms in total. The molecule has 0 unspecified atom stereocenters. The number of para-hydroxylation sites is 5. The number of aryl methyl sites for hydroxylation is 1. The first-order chi connectivity index (χ1) is 36.0. The normalized spacial score (nSPS) is 13.0. The Morgan fingerprint density at radius 2 is 0.890 bits per heavy atom. The summed E-state index contributed by atoms with van der Waals surface area (Å²) in [6, 6.07) is 67.8. The zero-order chi connectivity index (χ0) is 48.1. The molecular weight excluding hydrogens is 897 g/mol. The second-order valence-electron chi connectivity index (χ2n) is 20.0. The van der Waals surface area contributed by atoms with Gasteiger partial charge in [0.1, 0.15) is 33.7 Å². The van der Waals surface area contributed by atoms with E-state index in [0.29, 0.717) is 5.92 Å². The lowest BCUT2D eigenvalue weighted by atomic mass is 9.88. The monoisotopic (exact) mass is 940 g/mol. The first-order valence-electron chi connectivity index (χ1n) is 25.3. The van der Waals surface area contributed by atoms with E-state index in [4.69, 9.17) is 17.7 Å². The lowest BCUT2D eigenvalue weighted by Crippen LogP contribution is -2.15. The fraction of sp³-hybridized carbons (Fsp3) is 0.0746. The number of furan rings is 4. The molecule has 0 aliphatic heterocycles. The molecular formula is C67H44N2O4. The van der Waals surface area contributed by atoms with Crippen LogP contribution in [-0.2, 0) is 6.42 Å². The second kappa shape index (κ2) is 15.1. The molecule has 0 saturated carbocycles. The van der Waals surface area contributed by atoms with E-state index in [9.17, 15) is 0 Å². The Kier molecular flexibility index (Phi) is 8.39. The highest BCUT2D eigenvalue weighted by molar-refractivity contribution is 6.30. The van der Waals surface area contributed by atoms with Crippen molar-refractivity contribution in [3.63, 3.8) is 0 Å². The molecule has 73 heavy (non-hydrogen) atoms. The van der Waals surface area contributed by atoms with Crippen molar-refractivity contribution in [2.24, 2.45) is 0 Å². The zero-order valence-electron chi connectivity index (χ0n) is 40.1. The van der Waals surface area contributed by atoms with Crippen molar-refractivity contribution in [1.82, 2.24) is 0 Å². The van der Waals surface area contributed by atoms with Crippen molar-refractivity contribution in [3.8, 4) is 0 Å². The predicted molar refractivity (Wildman–Crippen MR) is 303 cm³/mol. The highest BCUT2D eigenvalue weighted by Gasteiger charge is 2.29. The topological polar surface area (TPSA) is 59.0 Å². The van der Waals surface area contributed by atoms with Crippen LogP contribution in [0.1, 0.15) is 43.1 Å². The molecule has 0 saturated heterocycles. The van der Waals surface area contributed by atoms with Gasteiger partial charge < -0.3 is 27.5 Å². The fourth-order valence-electron chi connectivity index (χ4n) is 12.2. The van der Waals surface area contributed by atoms with E-state index >= 15 is 0 Å². The summed E-state index contributed by atoms with van der Waals surface area (Å²) in [5.74, 6) is 1.39. The third-order valence-electron chi connectivity index (χ3n) is 15.6. The highest BCUT2D eigenvalue weighted by atomic mass is 16.3. The maximum Gasteiger partial charge on any atom is 0.159 e. The average Bonchev–Trinajstić information content (AvgIpc) is 4.21. The van der Waals surface area contributed by atoms with Gasteiger partial charge in [-0.15, -0.1) is 0 Å². The fourth-order valence-corrected chi connectivity index (χ4v) is 12.2. The van der Waals surface area contributed by atoms with Crippen molar-refractivity contribution >= 4 is 149 Å². The molecule has 0 N–H and O–H groups in total. The number of hydrogen-bond acceptors (Lipinski definition) is 6. The lowest BCUT2D eigenvalue weighted by Gasteiger charge is -2.32. The maximum atomic E-state index is 6.99. The summed E-state index contributed by atoms with van der Waals surface area (Å²) in [7, 11) is 0. The first-order valence-corrected chi connectivity index (χ1v) is 25.3. The van der Waals surface area contributed by atoms with Crippen molar-refractivity contribution in [2.45, 2.75) is 32.6 Å². The van der Waals surface area contributed by atoms with Crippen molar-refractivity contribution < 1.29 is 17.7 Å². The van der Waals surface area contributed by atoms with Crippen LogP contribution in [0.3, 0.4) is 0 Å². The van der Waals surface area contributed by atoms with Gasteiger partial charge in [-0.3, -0.25) is 0 Å². The van der Waals surface area contributed by atoms with E-state index in [1.165, 1.54) is 27.1 Å². The summed E-state index contributed by atoms with van der Waals surface area (Å²) in [6.45, 7) is 4.56. The third kappa shape index (κ3) is 5.86. The van der Waals surface area contributed by atoms with Crippen LogP contribution in [0.4, 0.5) is 34.1 Å². The van der Waals surface area contributed by atoms with E-state index in [-0.39, 0.29) is 0 Å². The maximum absolute atomic E-state index is 6.99. The van der Waals surface area contributed by atoms with E-state index in [2.05, 4.69) is 200 Å². The van der Waals surface area contributed by atoms with E-state index < -0.39 is 0 Å². The molecule has 0 fully saturated rings. The third-order valence-corrected chi connectivity index (χ3v) is 15.6. The Balaban J connectivity index is 1.07. The zero-order valence-corrected chi connectivity index (χ0v) is 40.1. The van der Waals surface area contributed by atoms with Gasteiger partial charge in [0.25, 0.3) is 0 Å². The molecule has 346 valence electrons. The molecule has 0 bridgehead atoms. The van der Waals surface area contributed by atoms with Crippen LogP contribution in [0.5, 0.6) is 0 Å². The first kappa shape index (κ1) is 40.5. The minimum atomic E-state index is 0.361.